The third-order valence-electron chi connectivity index (χ3n) is 9.01. The van der Waals surface area contributed by atoms with E-state index in [0.29, 0.717) is 53.6 Å². The highest BCUT2D eigenvalue weighted by Crippen LogP contribution is 2.31. The molecule has 280 valence electrons. The molecule has 0 saturated carbocycles. The van der Waals surface area contributed by atoms with Gasteiger partial charge in [-0.3, -0.25) is 14.5 Å². The van der Waals surface area contributed by atoms with E-state index in [-0.39, 0.29) is 42.6 Å². The van der Waals surface area contributed by atoms with Crippen molar-refractivity contribution in [3.05, 3.63) is 113 Å². The van der Waals surface area contributed by atoms with E-state index in [4.69, 9.17) is 10.5 Å². The lowest BCUT2D eigenvalue weighted by molar-refractivity contribution is -0.137. The topological polar surface area (TPSA) is 149 Å². The fourth-order valence-corrected chi connectivity index (χ4v) is 6.01. The first kappa shape index (κ1) is 38.6. The average molecular weight is 733 g/mol. The van der Waals surface area contributed by atoms with Gasteiger partial charge in [-0.25, -0.2) is 4.79 Å². The van der Waals surface area contributed by atoms with Crippen LogP contribution >= 0.6 is 0 Å². The number of anilines is 4. The van der Waals surface area contributed by atoms with Crippen LogP contribution < -0.4 is 26.4 Å². The highest BCUT2D eigenvalue weighted by molar-refractivity contribution is 6.05. The van der Waals surface area contributed by atoms with E-state index in [2.05, 4.69) is 20.9 Å². The number of carbonyl (C=O) groups excluding carboxylic acids is 3. The van der Waals surface area contributed by atoms with Crippen molar-refractivity contribution in [1.29, 1.82) is 0 Å². The number of nitrogens with zero attached hydrogens (tertiary/aromatic N) is 2. The van der Waals surface area contributed by atoms with Gasteiger partial charge in [0.2, 0.25) is 5.91 Å². The number of aliphatic hydroxyl groups is 1. The molecule has 0 aliphatic carbocycles. The second kappa shape index (κ2) is 16.8. The Kier molecular flexibility index (Phi) is 12.3. The maximum absolute atomic E-state index is 13.6. The maximum Gasteiger partial charge on any atom is 0.416 e. The largest absolute Gasteiger partial charge is 0.488 e. The van der Waals surface area contributed by atoms with Gasteiger partial charge in [-0.15, -0.1) is 0 Å². The van der Waals surface area contributed by atoms with E-state index >= 15 is 0 Å². The molecule has 1 heterocycles. The molecule has 0 aromatic heterocycles. The molecule has 0 saturated heterocycles. The van der Waals surface area contributed by atoms with Gasteiger partial charge in [0, 0.05) is 48.1 Å². The van der Waals surface area contributed by atoms with E-state index < -0.39 is 23.8 Å². The molecule has 0 radical (unpaired) electrons. The molecule has 4 aromatic rings. The second-order valence-corrected chi connectivity index (χ2v) is 13.3. The van der Waals surface area contributed by atoms with Gasteiger partial charge in [0.05, 0.1) is 36.0 Å². The van der Waals surface area contributed by atoms with Gasteiger partial charge in [0.1, 0.15) is 11.9 Å². The Morgan fingerprint density at radius 1 is 0.981 bits per heavy atom. The second-order valence-electron chi connectivity index (χ2n) is 13.3. The summed E-state index contributed by atoms with van der Waals surface area (Å²) >= 11 is 0. The number of nitrogens with two attached hydrogens (primary N) is 1. The number of hydrogen-bond acceptors (Lipinski definition) is 7. The number of alkyl halides is 3. The van der Waals surface area contributed by atoms with E-state index in [1.165, 1.54) is 0 Å². The Morgan fingerprint density at radius 2 is 1.64 bits per heavy atom. The van der Waals surface area contributed by atoms with Gasteiger partial charge < -0.3 is 36.4 Å². The van der Waals surface area contributed by atoms with Crippen molar-refractivity contribution in [2.24, 2.45) is 5.92 Å². The molecule has 11 nitrogen and oxygen atoms in total. The highest BCUT2D eigenvalue weighted by atomic mass is 19.4. The number of nitrogens with one attached hydrogen (secondary N) is 3. The monoisotopic (exact) mass is 732 g/mol. The molecular weight excluding hydrogens is 689 g/mol. The molecule has 53 heavy (non-hydrogen) atoms. The SMILES string of the molecule is C[C@H]1CN([C@@H](C)CO)C(=O)Cc2cc(NC(=O)Nc3ccc(C(F)(F)F)cc3)ccc2O[C@@H]1CN(C)Cc1ccc(C(=O)Nc2ccccc2N)cc1. The first-order valence-electron chi connectivity index (χ1n) is 17.1. The quantitative estimate of drug-likeness (QED) is 0.118. The van der Waals surface area contributed by atoms with E-state index in [1.807, 2.05) is 26.1 Å². The number of urea groups is 1. The number of fused-ring (bicyclic) bond motifs is 1. The number of benzene rings is 4. The number of para-hydroxylation sites is 2. The van der Waals surface area contributed by atoms with Crippen LogP contribution in [0.3, 0.4) is 0 Å². The van der Waals surface area contributed by atoms with E-state index in [1.54, 1.807) is 66.4 Å². The number of likely N-dealkylation sites (N-methyl/N-ethyl adjacent to an activating group) is 1. The molecule has 4 amide bonds. The summed E-state index contributed by atoms with van der Waals surface area (Å²) < 4.78 is 45.4. The minimum Gasteiger partial charge on any atom is -0.488 e. The summed E-state index contributed by atoms with van der Waals surface area (Å²) in [5.41, 5.74) is 8.62. The molecule has 14 heteroatoms. The summed E-state index contributed by atoms with van der Waals surface area (Å²) in [5.74, 6) is -0.179. The molecule has 4 aromatic carbocycles. The lowest BCUT2D eigenvalue weighted by Crippen LogP contribution is -2.47. The van der Waals surface area contributed by atoms with Crippen molar-refractivity contribution in [1.82, 2.24) is 9.80 Å². The number of nitrogen functional groups attached to an aromatic ring is 1. The first-order valence-corrected chi connectivity index (χ1v) is 17.1. The minimum atomic E-state index is -4.50. The summed E-state index contributed by atoms with van der Waals surface area (Å²) in [6, 6.07) is 22.2. The lowest BCUT2D eigenvalue weighted by Gasteiger charge is -2.34. The molecule has 0 bridgehead atoms. The van der Waals surface area contributed by atoms with Crippen LogP contribution in [0.4, 0.5) is 40.7 Å². The number of halogens is 3. The van der Waals surface area contributed by atoms with Gasteiger partial charge in [-0.05, 0) is 86.3 Å². The van der Waals surface area contributed by atoms with E-state index in [9.17, 15) is 32.7 Å². The molecule has 5 rings (SSSR count). The summed E-state index contributed by atoms with van der Waals surface area (Å²) in [6.07, 6.45) is -4.94. The smallest absolute Gasteiger partial charge is 0.416 e. The number of aliphatic hydroxyl groups excluding tert-OH is 1. The molecule has 1 aliphatic heterocycles. The van der Waals surface area contributed by atoms with Crippen molar-refractivity contribution in [2.75, 3.05) is 48.4 Å². The summed E-state index contributed by atoms with van der Waals surface area (Å²) in [5, 5.41) is 18.0. The normalized spacial score (nSPS) is 16.8. The molecule has 0 spiro atoms. The predicted octanol–water partition coefficient (Wildman–Crippen LogP) is 6.46. The number of ether oxygens (including phenoxy) is 1. The fourth-order valence-electron chi connectivity index (χ4n) is 6.01. The maximum atomic E-state index is 13.6. The Hall–Kier alpha value is -5.60. The Labute approximate surface area is 305 Å². The molecule has 3 atom stereocenters. The zero-order valence-electron chi connectivity index (χ0n) is 29.6. The third-order valence-corrected chi connectivity index (χ3v) is 9.01. The van der Waals surface area contributed by atoms with Crippen molar-refractivity contribution < 1.29 is 37.4 Å². The van der Waals surface area contributed by atoms with Crippen LogP contribution in [0.25, 0.3) is 0 Å². The van der Waals surface area contributed by atoms with Gasteiger partial charge >= 0.3 is 12.2 Å². The summed E-state index contributed by atoms with van der Waals surface area (Å²) in [4.78, 5) is 42.9. The Balaban J connectivity index is 1.28. The van der Waals surface area contributed by atoms with Gasteiger partial charge in [0.25, 0.3) is 5.91 Å². The third kappa shape index (κ3) is 10.3. The Bertz CT molecular complexity index is 1910. The van der Waals surface area contributed by atoms with Crippen LogP contribution in [0.2, 0.25) is 0 Å². The van der Waals surface area contributed by atoms with Gasteiger partial charge in [-0.1, -0.05) is 31.2 Å². The van der Waals surface area contributed by atoms with Crippen LogP contribution in [0, 0.1) is 5.92 Å². The molecule has 1 aliphatic rings. The molecule has 0 unspecified atom stereocenters. The predicted molar refractivity (Wildman–Crippen MR) is 198 cm³/mol. The zero-order valence-corrected chi connectivity index (χ0v) is 29.6. The van der Waals surface area contributed by atoms with Crippen LogP contribution in [-0.2, 0) is 23.9 Å². The van der Waals surface area contributed by atoms with Crippen LogP contribution in [0.5, 0.6) is 5.75 Å². The van der Waals surface area contributed by atoms with Gasteiger partial charge in [0.15, 0.2) is 0 Å². The number of amides is 4. The van der Waals surface area contributed by atoms with Crippen LogP contribution in [0.15, 0.2) is 91.0 Å². The average Bonchev–Trinajstić information content (AvgIpc) is 3.16. The van der Waals surface area contributed by atoms with Crippen molar-refractivity contribution in [3.8, 4) is 5.75 Å². The first-order chi connectivity index (χ1) is 25.2. The minimum absolute atomic E-state index is 0.0538. The van der Waals surface area contributed by atoms with Crippen LogP contribution in [0.1, 0.15) is 40.9 Å². The number of carbonyl (C=O) groups is 3. The van der Waals surface area contributed by atoms with Crippen molar-refractivity contribution in [2.45, 2.75) is 45.1 Å². The highest BCUT2D eigenvalue weighted by Gasteiger charge is 2.32. The van der Waals surface area contributed by atoms with Crippen molar-refractivity contribution >= 4 is 40.6 Å². The molecule has 0 fully saturated rings. The number of hydrogen-bond donors (Lipinski definition) is 5. The molecular formula is C39H43F3N6O5. The number of rotatable bonds is 10. The summed E-state index contributed by atoms with van der Waals surface area (Å²) in [7, 11) is 1.95. The standard InChI is InChI=1S/C39H43F3N6O5/c1-24-20-48(25(2)23-49)36(50)19-28-18-31(45-38(52)44-30-14-12-29(13-15-30)39(40,41)42)16-17-34(28)53-35(24)22-47(3)21-26-8-10-27(11-9-26)37(51)46-33-7-5-4-6-32(33)43/h4-18,24-25,35,49H,19-23,43H2,1-3H3,(H,46,51)(H2,44,45,52)/t24-,25-,35+/m0/s1. The fraction of sp³-hybridized carbons (Fsp3) is 0.308. The van der Waals surface area contributed by atoms with Gasteiger partial charge in [-0.2, -0.15) is 13.2 Å². The zero-order chi connectivity index (χ0) is 38.3. The lowest BCUT2D eigenvalue weighted by atomic mass is 10.0. The molecule has 6 N–H and O–H groups in total. The van der Waals surface area contributed by atoms with E-state index in [0.717, 1.165) is 29.8 Å². The van der Waals surface area contributed by atoms with Crippen LogP contribution in [-0.4, -0.2) is 71.6 Å². The summed E-state index contributed by atoms with van der Waals surface area (Å²) in [6.45, 7) is 4.88. The Morgan fingerprint density at radius 3 is 2.30 bits per heavy atom. The van der Waals surface area contributed by atoms with Crippen molar-refractivity contribution in [3.63, 3.8) is 0 Å².